The normalized spacial score (nSPS) is 13.7. The molecule has 1 unspecified atom stereocenters. The summed E-state index contributed by atoms with van der Waals surface area (Å²) in [4.78, 5) is 36.5. The lowest BCUT2D eigenvalue weighted by Gasteiger charge is -2.11. The van der Waals surface area contributed by atoms with Gasteiger partial charge in [-0.2, -0.15) is 0 Å². The lowest BCUT2D eigenvalue weighted by Crippen LogP contribution is -2.21. The second-order valence-corrected chi connectivity index (χ2v) is 6.07. The first-order chi connectivity index (χ1) is 14.3. The summed E-state index contributed by atoms with van der Waals surface area (Å²) >= 11 is 0. The van der Waals surface area contributed by atoms with Gasteiger partial charge >= 0.3 is 5.97 Å². The Balaban J connectivity index is 0.000000735. The molecule has 30 heavy (non-hydrogen) atoms. The third-order valence-electron chi connectivity index (χ3n) is 3.86. The summed E-state index contributed by atoms with van der Waals surface area (Å²) < 4.78 is 9.89. The zero-order chi connectivity index (χ0) is 22.3. The van der Waals surface area contributed by atoms with Crippen LogP contribution >= 0.6 is 0 Å². The maximum Gasteiger partial charge on any atom is 0.334 e. The molecule has 1 aromatic heterocycles. The third kappa shape index (κ3) is 5.19. The molecule has 0 fully saturated rings. The van der Waals surface area contributed by atoms with Crippen LogP contribution in [0.5, 0.6) is 0 Å². The molecule has 1 aliphatic rings. The minimum absolute atomic E-state index is 0.00674. The van der Waals surface area contributed by atoms with Crippen LogP contribution < -0.4 is 5.73 Å². The number of carbonyl (C=O) groups is 3. The van der Waals surface area contributed by atoms with Gasteiger partial charge in [0, 0.05) is 17.7 Å². The molecule has 0 aliphatic heterocycles. The van der Waals surface area contributed by atoms with Crippen LogP contribution in [0.2, 0.25) is 0 Å². The SMILES string of the molecule is NCCO.O=C(/C=C(\O)c1cc2c(o1)C(=O)c1ccccc1C2=O)OCC(O)CO. The molecule has 1 aliphatic carbocycles. The Bertz CT molecular complexity index is 906. The van der Waals surface area contributed by atoms with Crippen LogP contribution in [0.1, 0.15) is 37.8 Å². The molecule has 0 radical (unpaired) electrons. The summed E-state index contributed by atoms with van der Waals surface area (Å²) in [7, 11) is 0. The van der Waals surface area contributed by atoms with Crippen molar-refractivity contribution in [2.75, 3.05) is 26.4 Å². The number of aliphatic hydroxyl groups excluding tert-OH is 4. The Morgan fingerprint density at radius 3 is 2.30 bits per heavy atom. The van der Waals surface area contributed by atoms with Crippen molar-refractivity contribution in [1.29, 1.82) is 0 Å². The number of hydrogen-bond acceptors (Lipinski definition) is 10. The minimum atomic E-state index is -1.24. The fourth-order valence-corrected chi connectivity index (χ4v) is 2.46. The highest BCUT2D eigenvalue weighted by Crippen LogP contribution is 2.31. The number of aliphatic hydroxyl groups is 4. The van der Waals surface area contributed by atoms with Crippen molar-refractivity contribution in [2.45, 2.75) is 6.10 Å². The highest BCUT2D eigenvalue weighted by atomic mass is 16.5. The molecular weight excluding hydrogens is 398 g/mol. The number of benzene rings is 1. The highest BCUT2D eigenvalue weighted by molar-refractivity contribution is 6.27. The van der Waals surface area contributed by atoms with E-state index in [1.807, 2.05) is 0 Å². The first kappa shape index (κ1) is 23.0. The van der Waals surface area contributed by atoms with Gasteiger partial charge in [0.25, 0.3) is 0 Å². The topological polar surface area (TPSA) is 181 Å². The number of nitrogens with two attached hydrogens (primary N) is 1. The number of hydrogen-bond donors (Lipinski definition) is 5. The van der Waals surface area contributed by atoms with Gasteiger partial charge in [0.15, 0.2) is 23.1 Å². The molecule has 0 saturated carbocycles. The summed E-state index contributed by atoms with van der Waals surface area (Å²) in [5.74, 6) is -3.02. The number of carbonyl (C=O) groups excluding carboxylic acids is 3. The lowest BCUT2D eigenvalue weighted by atomic mass is 9.88. The van der Waals surface area contributed by atoms with Gasteiger partial charge in [-0.25, -0.2) is 4.79 Å². The molecule has 6 N–H and O–H groups in total. The van der Waals surface area contributed by atoms with Crippen LogP contribution in [0.15, 0.2) is 40.8 Å². The minimum Gasteiger partial charge on any atom is -0.504 e. The van der Waals surface area contributed by atoms with Gasteiger partial charge in [-0.3, -0.25) is 9.59 Å². The molecule has 0 saturated heterocycles. The van der Waals surface area contributed by atoms with Crippen molar-refractivity contribution in [2.24, 2.45) is 5.73 Å². The van der Waals surface area contributed by atoms with E-state index in [-0.39, 0.29) is 34.8 Å². The predicted molar refractivity (Wildman–Crippen MR) is 103 cm³/mol. The standard InChI is InChI=1S/C18H14O8.C2H7NO/c19-7-9(20)8-25-15(22)6-13(21)14-5-12-16(23)10-3-1-2-4-11(10)17(24)18(12)26-14;3-1-2-4/h1-6,9,19-21H,7-8H2;4H,1-3H2/b13-6-;. The van der Waals surface area contributed by atoms with E-state index in [0.717, 1.165) is 0 Å². The van der Waals surface area contributed by atoms with Crippen molar-refractivity contribution >= 4 is 23.3 Å². The lowest BCUT2D eigenvalue weighted by molar-refractivity contribution is -0.141. The third-order valence-corrected chi connectivity index (χ3v) is 3.86. The van der Waals surface area contributed by atoms with Gasteiger partial charge in [0.1, 0.15) is 12.7 Å². The molecule has 3 rings (SSSR count). The maximum atomic E-state index is 12.5. The maximum absolute atomic E-state index is 12.5. The molecule has 160 valence electrons. The average Bonchev–Trinajstić information content (AvgIpc) is 3.22. The quantitative estimate of drug-likeness (QED) is 0.204. The smallest absolute Gasteiger partial charge is 0.334 e. The van der Waals surface area contributed by atoms with Crippen LogP contribution in [-0.2, 0) is 9.53 Å². The Labute approximate surface area is 170 Å². The Hall–Kier alpha value is -3.31. The molecule has 1 aromatic carbocycles. The Morgan fingerprint density at radius 2 is 1.73 bits per heavy atom. The molecule has 10 nitrogen and oxygen atoms in total. The molecular formula is C20H21NO9. The number of ketones is 2. The Kier molecular flexibility index (Phi) is 8.01. The van der Waals surface area contributed by atoms with Gasteiger partial charge in [-0.05, 0) is 6.07 Å². The van der Waals surface area contributed by atoms with Gasteiger partial charge in [0.05, 0.1) is 24.9 Å². The number of esters is 1. The van der Waals surface area contributed by atoms with E-state index in [2.05, 4.69) is 4.74 Å². The van der Waals surface area contributed by atoms with Crippen LogP contribution in [-0.4, -0.2) is 70.4 Å². The largest absolute Gasteiger partial charge is 0.504 e. The number of rotatable bonds is 6. The fourth-order valence-electron chi connectivity index (χ4n) is 2.46. The summed E-state index contributed by atoms with van der Waals surface area (Å²) in [5, 5.41) is 35.5. The van der Waals surface area contributed by atoms with Crippen LogP contribution in [0, 0.1) is 0 Å². The second-order valence-electron chi connectivity index (χ2n) is 6.07. The fraction of sp³-hybridized carbons (Fsp3) is 0.250. The van der Waals surface area contributed by atoms with E-state index in [9.17, 15) is 19.5 Å². The zero-order valence-electron chi connectivity index (χ0n) is 15.8. The van der Waals surface area contributed by atoms with Crippen molar-refractivity contribution in [3.05, 3.63) is 64.6 Å². The summed E-state index contributed by atoms with van der Waals surface area (Å²) in [6.45, 7) is -0.571. The van der Waals surface area contributed by atoms with Crippen LogP contribution in [0.3, 0.4) is 0 Å². The van der Waals surface area contributed by atoms with E-state index in [0.29, 0.717) is 12.6 Å². The van der Waals surface area contributed by atoms with E-state index in [1.54, 1.807) is 12.1 Å². The van der Waals surface area contributed by atoms with Crippen LogP contribution in [0.25, 0.3) is 5.76 Å². The molecule has 10 heteroatoms. The number of ether oxygens (including phenoxy) is 1. The zero-order valence-corrected chi connectivity index (χ0v) is 15.8. The molecule has 1 atom stereocenters. The van der Waals surface area contributed by atoms with Gasteiger partial charge in [-0.15, -0.1) is 0 Å². The summed E-state index contributed by atoms with van der Waals surface area (Å²) in [6.07, 6.45) is -0.560. The number of furan rings is 1. The molecule has 0 spiro atoms. The van der Waals surface area contributed by atoms with Crippen molar-refractivity contribution in [1.82, 2.24) is 0 Å². The molecule has 1 heterocycles. The Morgan fingerprint density at radius 1 is 1.13 bits per heavy atom. The van der Waals surface area contributed by atoms with Gasteiger partial charge < -0.3 is 35.3 Å². The van der Waals surface area contributed by atoms with E-state index < -0.39 is 42.6 Å². The van der Waals surface area contributed by atoms with E-state index in [4.69, 9.17) is 25.5 Å². The van der Waals surface area contributed by atoms with E-state index in [1.165, 1.54) is 18.2 Å². The van der Waals surface area contributed by atoms with Crippen molar-refractivity contribution in [3.63, 3.8) is 0 Å². The molecule has 0 amide bonds. The summed E-state index contributed by atoms with van der Waals surface area (Å²) in [5.41, 5.74) is 5.21. The highest BCUT2D eigenvalue weighted by Gasteiger charge is 2.34. The molecule has 0 bridgehead atoms. The van der Waals surface area contributed by atoms with Crippen molar-refractivity contribution < 1.29 is 44.0 Å². The van der Waals surface area contributed by atoms with Gasteiger partial charge in [-0.1, -0.05) is 24.3 Å². The predicted octanol–water partition coefficient (Wildman–Crippen LogP) is -0.212. The average molecular weight is 419 g/mol. The van der Waals surface area contributed by atoms with Crippen molar-refractivity contribution in [3.8, 4) is 0 Å². The summed E-state index contributed by atoms with van der Waals surface area (Å²) in [6, 6.07) is 7.44. The van der Waals surface area contributed by atoms with Crippen LogP contribution in [0.4, 0.5) is 0 Å². The van der Waals surface area contributed by atoms with Gasteiger partial charge in [0.2, 0.25) is 5.78 Å². The molecule has 2 aromatic rings. The first-order valence-corrected chi connectivity index (χ1v) is 8.83. The van der Waals surface area contributed by atoms with E-state index >= 15 is 0 Å². The second kappa shape index (κ2) is 10.5. The number of fused-ring (bicyclic) bond motifs is 2. The first-order valence-electron chi connectivity index (χ1n) is 8.83. The monoisotopic (exact) mass is 419 g/mol.